The van der Waals surface area contributed by atoms with Gasteiger partial charge < -0.3 is 16.0 Å². The molecule has 0 unspecified atom stereocenters. The lowest BCUT2D eigenvalue weighted by atomic mass is 10.3. The van der Waals surface area contributed by atoms with Gasteiger partial charge in [0.25, 0.3) is 0 Å². The highest BCUT2D eigenvalue weighted by Gasteiger charge is 2.15. The minimum atomic E-state index is 0.328. The molecule has 0 bridgehead atoms. The molecule has 2 aromatic rings. The molecule has 0 saturated carbocycles. The zero-order chi connectivity index (χ0) is 17.4. The minimum Gasteiger partial charge on any atom is -0.393 e. The van der Waals surface area contributed by atoms with Crippen molar-refractivity contribution in [1.29, 1.82) is 10.5 Å². The number of nitrogen functional groups attached to an aromatic ring is 1. The third-order valence-corrected chi connectivity index (χ3v) is 3.98. The maximum absolute atomic E-state index is 8.81. The van der Waals surface area contributed by atoms with Gasteiger partial charge in [0.2, 0.25) is 0 Å². The summed E-state index contributed by atoms with van der Waals surface area (Å²) in [5, 5.41) is 20.8. The second-order valence-corrected chi connectivity index (χ2v) is 6.14. The molecule has 0 amide bonds. The number of aromatic nitrogens is 2. The number of nitriles is 2. The molecule has 1 heterocycles. The van der Waals surface area contributed by atoms with Crippen LogP contribution in [0.3, 0.4) is 0 Å². The van der Waals surface area contributed by atoms with E-state index in [0.717, 1.165) is 9.26 Å². The van der Waals surface area contributed by atoms with E-state index in [9.17, 15) is 0 Å². The van der Waals surface area contributed by atoms with Gasteiger partial charge in [-0.1, -0.05) is 0 Å². The number of halogens is 1. The van der Waals surface area contributed by atoms with Crippen LogP contribution in [0.25, 0.3) is 0 Å². The van der Waals surface area contributed by atoms with Crippen LogP contribution in [-0.2, 0) is 0 Å². The van der Waals surface area contributed by atoms with Crippen molar-refractivity contribution in [3.05, 3.63) is 34.2 Å². The second kappa shape index (κ2) is 8.89. The molecule has 24 heavy (non-hydrogen) atoms. The van der Waals surface area contributed by atoms with Gasteiger partial charge in [-0.3, -0.25) is 0 Å². The smallest absolute Gasteiger partial charge is 0.159 e. The lowest BCUT2D eigenvalue weighted by Gasteiger charge is -2.23. The van der Waals surface area contributed by atoms with Crippen LogP contribution in [0.2, 0.25) is 0 Å². The number of hydrogen-bond donors (Lipinski definition) is 2. The van der Waals surface area contributed by atoms with Gasteiger partial charge in [-0.05, 0) is 46.9 Å². The summed E-state index contributed by atoms with van der Waals surface area (Å²) in [6, 6.07) is 12.0. The lowest BCUT2D eigenvalue weighted by molar-refractivity contribution is 0.782. The van der Waals surface area contributed by atoms with Gasteiger partial charge in [0, 0.05) is 22.3 Å². The topological polar surface area (TPSA) is 115 Å². The van der Waals surface area contributed by atoms with Crippen molar-refractivity contribution in [2.24, 2.45) is 0 Å². The Morgan fingerprint density at radius 2 is 1.71 bits per heavy atom. The fraction of sp³-hybridized carbons (Fsp3) is 0.250. The highest BCUT2D eigenvalue weighted by molar-refractivity contribution is 14.1. The summed E-state index contributed by atoms with van der Waals surface area (Å²) in [7, 11) is 0. The normalized spacial score (nSPS) is 9.79. The fourth-order valence-corrected chi connectivity index (χ4v) is 2.46. The Hall–Kier alpha value is -2.59. The molecule has 7 nitrogen and oxygen atoms in total. The van der Waals surface area contributed by atoms with E-state index in [1.54, 1.807) is 0 Å². The molecule has 0 aliphatic carbocycles. The highest BCUT2D eigenvalue weighted by atomic mass is 127. The summed E-state index contributed by atoms with van der Waals surface area (Å²) in [6.07, 6.45) is 2.08. The van der Waals surface area contributed by atoms with Gasteiger partial charge in [-0.25, -0.2) is 9.97 Å². The standard InChI is InChI=1S/C16H16IN7/c17-12-3-5-13(6-4-12)23-15-14(20)16(22-11-21-15)24(9-1-7-18)10-2-8-19/h3-6,11H,1-2,9-10,20H2,(H,21,22,23). The molecule has 0 fully saturated rings. The molecule has 0 radical (unpaired) electrons. The Morgan fingerprint density at radius 1 is 1.08 bits per heavy atom. The number of nitrogens with two attached hydrogens (primary N) is 1. The van der Waals surface area contributed by atoms with Crippen LogP contribution in [0.1, 0.15) is 12.8 Å². The summed E-state index contributed by atoms with van der Waals surface area (Å²) in [6.45, 7) is 0.921. The molecule has 1 aromatic carbocycles. The van der Waals surface area contributed by atoms with Crippen molar-refractivity contribution in [3.8, 4) is 12.1 Å². The van der Waals surface area contributed by atoms with Crippen molar-refractivity contribution in [2.75, 3.05) is 29.0 Å². The number of benzene rings is 1. The summed E-state index contributed by atoms with van der Waals surface area (Å²) in [5.41, 5.74) is 7.47. The summed E-state index contributed by atoms with van der Waals surface area (Å²) in [5.74, 6) is 1.03. The largest absolute Gasteiger partial charge is 0.393 e. The molecule has 122 valence electrons. The highest BCUT2D eigenvalue weighted by Crippen LogP contribution is 2.28. The Morgan fingerprint density at radius 3 is 2.29 bits per heavy atom. The van der Waals surface area contributed by atoms with Gasteiger partial charge >= 0.3 is 0 Å². The second-order valence-electron chi connectivity index (χ2n) is 4.89. The van der Waals surface area contributed by atoms with E-state index in [0.29, 0.717) is 43.3 Å². The molecule has 3 N–H and O–H groups in total. The van der Waals surface area contributed by atoms with Crippen LogP contribution >= 0.6 is 22.6 Å². The third kappa shape index (κ3) is 4.70. The molecule has 2 rings (SSSR count). The SMILES string of the molecule is N#CCCN(CCC#N)c1ncnc(Nc2ccc(I)cc2)c1N. The first-order chi connectivity index (χ1) is 11.7. The van der Waals surface area contributed by atoms with Crippen LogP contribution in [0.15, 0.2) is 30.6 Å². The molecule has 8 heteroatoms. The number of rotatable bonds is 7. The third-order valence-electron chi connectivity index (χ3n) is 3.26. The predicted molar refractivity (Wildman–Crippen MR) is 102 cm³/mol. The van der Waals surface area contributed by atoms with Crippen molar-refractivity contribution < 1.29 is 0 Å². The van der Waals surface area contributed by atoms with E-state index in [-0.39, 0.29) is 0 Å². The minimum absolute atomic E-state index is 0.328. The molecule has 0 aliphatic heterocycles. The quantitative estimate of drug-likeness (QED) is 0.645. The van der Waals surface area contributed by atoms with E-state index >= 15 is 0 Å². The number of hydrogen-bond acceptors (Lipinski definition) is 7. The molecular formula is C16H16IN7. The van der Waals surface area contributed by atoms with Crippen molar-refractivity contribution >= 4 is 45.6 Å². The predicted octanol–water partition coefficient (Wildman–Crippen LogP) is 3.04. The van der Waals surface area contributed by atoms with Gasteiger partial charge in [0.05, 0.1) is 25.0 Å². The van der Waals surface area contributed by atoms with Crippen LogP contribution in [0.4, 0.5) is 23.0 Å². The Bertz CT molecular complexity index is 743. The van der Waals surface area contributed by atoms with Gasteiger partial charge in [-0.15, -0.1) is 0 Å². The first-order valence-electron chi connectivity index (χ1n) is 7.27. The van der Waals surface area contributed by atoms with Crippen LogP contribution < -0.4 is 16.0 Å². The number of nitrogens with one attached hydrogen (secondary N) is 1. The maximum atomic E-state index is 8.81. The monoisotopic (exact) mass is 433 g/mol. The maximum Gasteiger partial charge on any atom is 0.159 e. The van der Waals surface area contributed by atoms with E-state index in [1.165, 1.54) is 6.33 Å². The molecule has 0 atom stereocenters. The zero-order valence-electron chi connectivity index (χ0n) is 12.9. The van der Waals surface area contributed by atoms with E-state index < -0.39 is 0 Å². The fourth-order valence-electron chi connectivity index (χ4n) is 2.10. The average molecular weight is 433 g/mol. The Labute approximate surface area is 154 Å². The van der Waals surface area contributed by atoms with Crippen LogP contribution in [-0.4, -0.2) is 23.1 Å². The number of nitrogens with zero attached hydrogens (tertiary/aromatic N) is 5. The summed E-state index contributed by atoms with van der Waals surface area (Å²) < 4.78 is 1.13. The Balaban J connectivity index is 2.25. The average Bonchev–Trinajstić information content (AvgIpc) is 2.59. The summed E-state index contributed by atoms with van der Waals surface area (Å²) in [4.78, 5) is 10.3. The lowest BCUT2D eigenvalue weighted by Crippen LogP contribution is -2.27. The van der Waals surface area contributed by atoms with Crippen molar-refractivity contribution in [1.82, 2.24) is 9.97 Å². The van der Waals surface area contributed by atoms with Gasteiger partial charge in [0.1, 0.15) is 12.0 Å². The van der Waals surface area contributed by atoms with E-state index in [1.807, 2.05) is 29.2 Å². The molecule has 0 spiro atoms. The van der Waals surface area contributed by atoms with E-state index in [4.69, 9.17) is 16.3 Å². The van der Waals surface area contributed by atoms with E-state index in [2.05, 4.69) is 50.0 Å². The van der Waals surface area contributed by atoms with Crippen molar-refractivity contribution in [3.63, 3.8) is 0 Å². The Kier molecular flexibility index (Phi) is 6.58. The van der Waals surface area contributed by atoms with Crippen LogP contribution in [0, 0.1) is 26.2 Å². The number of anilines is 4. The van der Waals surface area contributed by atoms with Crippen LogP contribution in [0.5, 0.6) is 0 Å². The first kappa shape index (κ1) is 17.8. The zero-order valence-corrected chi connectivity index (χ0v) is 15.1. The van der Waals surface area contributed by atoms with Gasteiger partial charge in [-0.2, -0.15) is 10.5 Å². The molecular weight excluding hydrogens is 417 g/mol. The molecule has 0 saturated heterocycles. The van der Waals surface area contributed by atoms with Gasteiger partial charge in [0.15, 0.2) is 11.6 Å². The first-order valence-corrected chi connectivity index (χ1v) is 8.35. The van der Waals surface area contributed by atoms with Crippen molar-refractivity contribution in [2.45, 2.75) is 12.8 Å². The molecule has 1 aromatic heterocycles. The summed E-state index contributed by atoms with van der Waals surface area (Å²) >= 11 is 2.24. The molecule has 0 aliphatic rings.